The molecule has 0 fully saturated rings. The lowest BCUT2D eigenvalue weighted by Crippen LogP contribution is -2.18. The smallest absolute Gasteiger partial charge is 0.341 e. The highest BCUT2D eigenvalue weighted by atomic mass is 32.1. The normalized spacial score (nSPS) is 11.3. The van der Waals surface area contributed by atoms with E-state index in [0.29, 0.717) is 22.1 Å². The Kier molecular flexibility index (Phi) is 7.83. The summed E-state index contributed by atoms with van der Waals surface area (Å²) < 4.78 is 16.8. The van der Waals surface area contributed by atoms with Crippen molar-refractivity contribution in [1.29, 1.82) is 0 Å². The third-order valence-corrected chi connectivity index (χ3v) is 7.55. The van der Waals surface area contributed by atoms with Gasteiger partial charge >= 0.3 is 5.97 Å². The molecule has 0 saturated heterocycles. The van der Waals surface area contributed by atoms with E-state index in [9.17, 15) is 9.59 Å². The number of carbonyl (C=O) groups is 2. The molecule has 2 heterocycles. The summed E-state index contributed by atoms with van der Waals surface area (Å²) in [6, 6.07) is 21.7. The summed E-state index contributed by atoms with van der Waals surface area (Å²) in [6.45, 7) is 10.3. The van der Waals surface area contributed by atoms with E-state index in [4.69, 9.17) is 13.9 Å². The van der Waals surface area contributed by atoms with Crippen LogP contribution in [0, 0.1) is 13.8 Å². The van der Waals surface area contributed by atoms with Crippen LogP contribution in [0.15, 0.2) is 71.1 Å². The number of aryl methyl sites for hydroxylation is 1. The van der Waals surface area contributed by atoms with E-state index < -0.39 is 11.9 Å². The van der Waals surface area contributed by atoms with Gasteiger partial charge in [-0.25, -0.2) is 4.79 Å². The maximum absolute atomic E-state index is 12.8. The average Bonchev–Trinajstić information content (AvgIpc) is 3.48. The second-order valence-corrected chi connectivity index (χ2v) is 10.5. The quantitative estimate of drug-likeness (QED) is 0.236. The zero-order chi connectivity index (χ0) is 26.6. The molecule has 0 saturated carbocycles. The van der Waals surface area contributed by atoms with Gasteiger partial charge in [0.1, 0.15) is 23.1 Å². The first-order chi connectivity index (χ1) is 17.7. The molecule has 1 amide bonds. The number of anilines is 1. The van der Waals surface area contributed by atoms with Crippen LogP contribution in [-0.4, -0.2) is 18.5 Å². The van der Waals surface area contributed by atoms with Crippen LogP contribution in [0.5, 0.6) is 5.75 Å². The number of hydrogen-bond acceptors (Lipinski definition) is 6. The van der Waals surface area contributed by atoms with Crippen molar-refractivity contribution in [1.82, 2.24) is 0 Å². The molecule has 0 radical (unpaired) electrons. The highest BCUT2D eigenvalue weighted by Crippen LogP contribution is 2.34. The van der Waals surface area contributed by atoms with Gasteiger partial charge in [-0.2, -0.15) is 0 Å². The van der Waals surface area contributed by atoms with E-state index in [1.54, 1.807) is 19.1 Å². The minimum Gasteiger partial charge on any atom is -0.486 e. The maximum atomic E-state index is 12.8. The van der Waals surface area contributed by atoms with Crippen LogP contribution in [0.4, 0.5) is 5.00 Å². The molecule has 0 atom stereocenters. The Morgan fingerprint density at radius 2 is 1.62 bits per heavy atom. The van der Waals surface area contributed by atoms with Crippen molar-refractivity contribution in [2.24, 2.45) is 0 Å². The number of furan rings is 1. The molecular weight excluding hydrogens is 486 g/mol. The van der Waals surface area contributed by atoms with Crippen LogP contribution < -0.4 is 10.1 Å². The van der Waals surface area contributed by atoms with Crippen LogP contribution in [0.3, 0.4) is 0 Å². The minimum absolute atomic E-state index is 0.129. The number of thiophene rings is 1. The van der Waals surface area contributed by atoms with Gasteiger partial charge in [0.15, 0.2) is 5.76 Å². The van der Waals surface area contributed by atoms with Gasteiger partial charge in [-0.15, -0.1) is 11.3 Å². The van der Waals surface area contributed by atoms with Crippen molar-refractivity contribution in [3.8, 4) is 5.75 Å². The lowest BCUT2D eigenvalue weighted by atomic mass is 9.78. The van der Waals surface area contributed by atoms with Crippen molar-refractivity contribution < 1.29 is 23.5 Å². The Hall–Kier alpha value is -3.84. The monoisotopic (exact) mass is 517 g/mol. The molecule has 1 N–H and O–H groups in total. The summed E-state index contributed by atoms with van der Waals surface area (Å²) in [6.07, 6.45) is 0. The van der Waals surface area contributed by atoms with Crippen LogP contribution >= 0.6 is 11.3 Å². The molecule has 2 aromatic heterocycles. The fourth-order valence-electron chi connectivity index (χ4n) is 4.05. The Balaban J connectivity index is 1.39. The predicted octanol–water partition coefficient (Wildman–Crippen LogP) is 7.29. The Bertz CT molecular complexity index is 1380. The van der Waals surface area contributed by atoms with Gasteiger partial charge in [-0.3, -0.25) is 4.79 Å². The first-order valence-corrected chi connectivity index (χ1v) is 13.0. The lowest BCUT2D eigenvalue weighted by Gasteiger charge is -2.26. The van der Waals surface area contributed by atoms with Crippen molar-refractivity contribution in [3.63, 3.8) is 0 Å². The molecule has 7 heteroatoms. The van der Waals surface area contributed by atoms with Gasteiger partial charge in [0.05, 0.1) is 12.2 Å². The molecule has 4 rings (SSSR count). The summed E-state index contributed by atoms with van der Waals surface area (Å²) >= 11 is 1.33. The van der Waals surface area contributed by atoms with Crippen LogP contribution in [-0.2, 0) is 16.8 Å². The summed E-state index contributed by atoms with van der Waals surface area (Å²) in [4.78, 5) is 26.1. The first-order valence-electron chi connectivity index (χ1n) is 12.2. The fraction of sp³-hybridized carbons (Fsp3) is 0.267. The van der Waals surface area contributed by atoms with E-state index in [1.165, 1.54) is 22.5 Å². The van der Waals surface area contributed by atoms with Gasteiger partial charge < -0.3 is 19.2 Å². The SMILES string of the molecule is CCOC(=O)c1c(NC(=O)c2ccc(COc3ccc(C(C)(C)c4ccccc4)cc3)o2)sc(C)c1C. The third-order valence-electron chi connectivity index (χ3n) is 6.43. The number of rotatable bonds is 9. The molecule has 0 unspecified atom stereocenters. The van der Waals surface area contributed by atoms with Gasteiger partial charge in [0.2, 0.25) is 0 Å². The Morgan fingerprint density at radius 3 is 2.30 bits per heavy atom. The van der Waals surface area contributed by atoms with Crippen molar-refractivity contribution >= 4 is 28.2 Å². The summed E-state index contributed by atoms with van der Waals surface area (Å²) in [7, 11) is 0. The van der Waals surface area contributed by atoms with Gasteiger partial charge in [0, 0.05) is 10.3 Å². The molecule has 6 nitrogen and oxygen atoms in total. The zero-order valence-electron chi connectivity index (χ0n) is 21.7. The van der Waals surface area contributed by atoms with Crippen LogP contribution in [0.1, 0.15) is 69.0 Å². The first kappa shape index (κ1) is 26.2. The fourth-order valence-corrected chi connectivity index (χ4v) is 5.09. The topological polar surface area (TPSA) is 77.8 Å². The molecule has 0 aliphatic heterocycles. The standard InChI is InChI=1S/C30H31NO5S/c1-6-34-29(33)26-19(2)20(3)37-28(26)31-27(32)25-17-16-24(36-25)18-35-23-14-12-22(13-15-23)30(4,5)21-10-8-7-9-11-21/h7-17H,6,18H2,1-5H3,(H,31,32). The molecule has 37 heavy (non-hydrogen) atoms. The largest absolute Gasteiger partial charge is 0.486 e. The minimum atomic E-state index is -0.452. The summed E-state index contributed by atoms with van der Waals surface area (Å²) in [5, 5.41) is 3.24. The van der Waals surface area contributed by atoms with E-state index >= 15 is 0 Å². The number of hydrogen-bond donors (Lipinski definition) is 1. The molecule has 4 aromatic rings. The maximum Gasteiger partial charge on any atom is 0.341 e. The third kappa shape index (κ3) is 5.78. The number of benzene rings is 2. The Morgan fingerprint density at radius 1 is 0.946 bits per heavy atom. The van der Waals surface area contributed by atoms with E-state index in [2.05, 4.69) is 43.4 Å². The molecular formula is C30H31NO5S. The highest BCUT2D eigenvalue weighted by molar-refractivity contribution is 7.16. The van der Waals surface area contributed by atoms with Crippen molar-refractivity contribution in [3.05, 3.63) is 105 Å². The number of amides is 1. The molecule has 0 bridgehead atoms. The molecule has 0 aliphatic carbocycles. The van der Waals surface area contributed by atoms with Gasteiger partial charge in [-0.05, 0) is 61.7 Å². The Labute approximate surface area is 221 Å². The highest BCUT2D eigenvalue weighted by Gasteiger charge is 2.24. The molecule has 2 aromatic carbocycles. The summed E-state index contributed by atoms with van der Waals surface area (Å²) in [5.74, 6) is 0.468. The predicted molar refractivity (Wildman–Crippen MR) is 146 cm³/mol. The van der Waals surface area contributed by atoms with Crippen molar-refractivity contribution in [2.45, 2.75) is 46.6 Å². The van der Waals surface area contributed by atoms with Gasteiger partial charge in [-0.1, -0.05) is 56.3 Å². The van der Waals surface area contributed by atoms with E-state index in [0.717, 1.165) is 10.4 Å². The number of carbonyl (C=O) groups excluding carboxylic acids is 2. The number of nitrogens with one attached hydrogen (secondary N) is 1. The number of ether oxygens (including phenoxy) is 2. The second kappa shape index (κ2) is 11.0. The molecule has 0 aliphatic rings. The molecule has 0 spiro atoms. The van der Waals surface area contributed by atoms with E-state index in [-0.39, 0.29) is 24.4 Å². The zero-order valence-corrected chi connectivity index (χ0v) is 22.5. The van der Waals surface area contributed by atoms with Crippen molar-refractivity contribution in [2.75, 3.05) is 11.9 Å². The number of esters is 1. The average molecular weight is 518 g/mol. The molecule has 192 valence electrons. The van der Waals surface area contributed by atoms with Gasteiger partial charge in [0.25, 0.3) is 5.91 Å². The lowest BCUT2D eigenvalue weighted by molar-refractivity contribution is 0.0527. The second-order valence-electron chi connectivity index (χ2n) is 9.23. The van der Waals surface area contributed by atoms with Crippen LogP contribution in [0.2, 0.25) is 0 Å². The van der Waals surface area contributed by atoms with Crippen LogP contribution in [0.25, 0.3) is 0 Å². The summed E-state index contributed by atoms with van der Waals surface area (Å²) in [5.41, 5.74) is 3.48. The van der Waals surface area contributed by atoms with E-state index in [1.807, 2.05) is 44.2 Å².